The van der Waals surface area contributed by atoms with Gasteiger partial charge in [-0.2, -0.15) is 13.2 Å². The number of hydrogen-bond acceptors (Lipinski definition) is 3. The van der Waals surface area contributed by atoms with Crippen LogP contribution in [0.2, 0.25) is 0 Å². The Morgan fingerprint density at radius 3 is 1.87 bits per heavy atom. The molecular weight excluding hydrogens is 395 g/mol. The molecule has 0 aliphatic heterocycles. The predicted molar refractivity (Wildman–Crippen MR) is 108 cm³/mol. The van der Waals surface area contributed by atoms with E-state index in [1.54, 1.807) is 38.1 Å². The highest BCUT2D eigenvalue weighted by Crippen LogP contribution is 2.30. The van der Waals surface area contributed by atoms with Gasteiger partial charge in [-0.15, -0.1) is 0 Å². The average molecular weight is 415 g/mol. The van der Waals surface area contributed by atoms with Crippen LogP contribution in [-0.2, 0) is 11.0 Å². The van der Waals surface area contributed by atoms with Gasteiger partial charge < -0.3 is 14.8 Å². The fraction of sp³-hybridized carbons (Fsp3) is 0.174. The molecule has 0 aromatic heterocycles. The highest BCUT2D eigenvalue weighted by atomic mass is 19.4. The number of para-hydroxylation sites is 1. The molecule has 0 radical (unpaired) electrons. The van der Waals surface area contributed by atoms with E-state index in [9.17, 15) is 18.0 Å². The van der Waals surface area contributed by atoms with Crippen molar-refractivity contribution >= 4 is 11.6 Å². The standard InChI is InChI=1S/C23H20F3NO3/c1-22(2,21(28)27-17-10-8-16(9-11-17)23(24,25)26)30-20-14-12-19(13-15-20)29-18-6-4-3-5-7-18/h3-15H,1-2H3,(H,27,28). The van der Waals surface area contributed by atoms with Gasteiger partial charge in [0.15, 0.2) is 5.60 Å². The van der Waals surface area contributed by atoms with Gasteiger partial charge in [-0.3, -0.25) is 4.79 Å². The lowest BCUT2D eigenvalue weighted by molar-refractivity contribution is -0.137. The number of benzene rings is 3. The molecule has 1 N–H and O–H groups in total. The maximum absolute atomic E-state index is 12.6. The number of alkyl halides is 3. The zero-order valence-corrected chi connectivity index (χ0v) is 16.4. The number of halogens is 3. The van der Waals surface area contributed by atoms with Gasteiger partial charge in [0.25, 0.3) is 5.91 Å². The fourth-order valence-corrected chi connectivity index (χ4v) is 2.57. The molecule has 0 unspecified atom stereocenters. The quantitative estimate of drug-likeness (QED) is 0.514. The molecule has 3 rings (SSSR count). The van der Waals surface area contributed by atoms with Gasteiger partial charge in [0, 0.05) is 5.69 Å². The summed E-state index contributed by atoms with van der Waals surface area (Å²) in [5.41, 5.74) is -1.80. The highest BCUT2D eigenvalue weighted by molar-refractivity contribution is 5.97. The number of anilines is 1. The number of nitrogens with one attached hydrogen (secondary N) is 1. The lowest BCUT2D eigenvalue weighted by Crippen LogP contribution is -2.42. The van der Waals surface area contributed by atoms with Crippen molar-refractivity contribution in [1.29, 1.82) is 0 Å². The molecule has 3 aromatic rings. The van der Waals surface area contributed by atoms with Crippen molar-refractivity contribution in [3.63, 3.8) is 0 Å². The summed E-state index contributed by atoms with van der Waals surface area (Å²) in [6.07, 6.45) is -4.43. The minimum atomic E-state index is -4.43. The van der Waals surface area contributed by atoms with Crippen LogP contribution in [0.15, 0.2) is 78.9 Å². The Morgan fingerprint density at radius 1 is 0.767 bits per heavy atom. The van der Waals surface area contributed by atoms with Crippen molar-refractivity contribution in [2.75, 3.05) is 5.32 Å². The smallest absolute Gasteiger partial charge is 0.416 e. The summed E-state index contributed by atoms with van der Waals surface area (Å²) in [5, 5.41) is 2.57. The first-order valence-corrected chi connectivity index (χ1v) is 9.14. The number of carbonyl (C=O) groups excluding carboxylic acids is 1. The molecule has 0 aliphatic rings. The van der Waals surface area contributed by atoms with Crippen LogP contribution >= 0.6 is 0 Å². The molecule has 156 valence electrons. The molecular formula is C23H20F3NO3. The number of amides is 1. The van der Waals surface area contributed by atoms with Crippen LogP contribution in [0, 0.1) is 0 Å². The summed E-state index contributed by atoms with van der Waals surface area (Å²) in [7, 11) is 0. The Labute approximate surface area is 172 Å². The summed E-state index contributed by atoms with van der Waals surface area (Å²) in [6, 6.07) is 20.3. The molecule has 1 amide bonds. The number of rotatable bonds is 6. The number of carbonyl (C=O) groups is 1. The second-order valence-corrected chi connectivity index (χ2v) is 7.03. The number of ether oxygens (including phenoxy) is 2. The van der Waals surface area contributed by atoms with E-state index >= 15 is 0 Å². The average Bonchev–Trinajstić information content (AvgIpc) is 2.70. The fourth-order valence-electron chi connectivity index (χ4n) is 2.57. The third-order valence-electron chi connectivity index (χ3n) is 4.19. The van der Waals surface area contributed by atoms with Gasteiger partial charge in [-0.1, -0.05) is 18.2 Å². The van der Waals surface area contributed by atoms with Crippen molar-refractivity contribution in [3.05, 3.63) is 84.4 Å². The van der Waals surface area contributed by atoms with E-state index in [0.717, 1.165) is 12.1 Å². The second kappa shape index (κ2) is 8.49. The maximum Gasteiger partial charge on any atom is 0.416 e. The normalized spacial score (nSPS) is 11.6. The Balaban J connectivity index is 1.61. The van der Waals surface area contributed by atoms with Crippen molar-refractivity contribution in [2.24, 2.45) is 0 Å². The Hall–Kier alpha value is -3.48. The molecule has 7 heteroatoms. The van der Waals surface area contributed by atoms with Crippen LogP contribution in [0.1, 0.15) is 19.4 Å². The second-order valence-electron chi connectivity index (χ2n) is 7.03. The topological polar surface area (TPSA) is 47.6 Å². The van der Waals surface area contributed by atoms with Crippen molar-refractivity contribution in [3.8, 4) is 17.2 Å². The third kappa shape index (κ3) is 5.53. The van der Waals surface area contributed by atoms with E-state index in [4.69, 9.17) is 9.47 Å². The monoisotopic (exact) mass is 415 g/mol. The minimum absolute atomic E-state index is 0.247. The third-order valence-corrected chi connectivity index (χ3v) is 4.19. The maximum atomic E-state index is 12.6. The molecule has 0 bridgehead atoms. The largest absolute Gasteiger partial charge is 0.478 e. The van der Waals surface area contributed by atoms with Crippen LogP contribution in [0.3, 0.4) is 0 Å². The van der Waals surface area contributed by atoms with Gasteiger partial charge in [0.05, 0.1) is 5.56 Å². The van der Waals surface area contributed by atoms with E-state index in [-0.39, 0.29) is 5.69 Å². The zero-order valence-electron chi connectivity index (χ0n) is 16.4. The Bertz CT molecular complexity index is 983. The molecule has 0 spiro atoms. The van der Waals surface area contributed by atoms with Crippen LogP contribution in [0.25, 0.3) is 0 Å². The van der Waals surface area contributed by atoms with Gasteiger partial charge >= 0.3 is 6.18 Å². The molecule has 3 aromatic carbocycles. The first-order chi connectivity index (χ1) is 14.1. The predicted octanol–water partition coefficient (Wildman–Crippen LogP) is 6.29. The number of hydrogen-bond donors (Lipinski definition) is 1. The summed E-state index contributed by atoms with van der Waals surface area (Å²) >= 11 is 0. The summed E-state index contributed by atoms with van der Waals surface area (Å²) < 4.78 is 49.4. The Morgan fingerprint density at radius 2 is 1.30 bits per heavy atom. The van der Waals surface area contributed by atoms with Crippen molar-refractivity contribution < 1.29 is 27.4 Å². The first-order valence-electron chi connectivity index (χ1n) is 9.14. The van der Waals surface area contributed by atoms with Crippen LogP contribution in [-0.4, -0.2) is 11.5 Å². The van der Waals surface area contributed by atoms with Crippen LogP contribution in [0.4, 0.5) is 18.9 Å². The van der Waals surface area contributed by atoms with E-state index in [0.29, 0.717) is 17.2 Å². The van der Waals surface area contributed by atoms with Gasteiger partial charge in [-0.25, -0.2) is 0 Å². The molecule has 4 nitrogen and oxygen atoms in total. The summed E-state index contributed by atoms with van der Waals surface area (Å²) in [4.78, 5) is 12.5. The molecule has 0 fully saturated rings. The molecule has 0 saturated carbocycles. The SMILES string of the molecule is CC(C)(Oc1ccc(Oc2ccccc2)cc1)C(=O)Nc1ccc(C(F)(F)F)cc1. The first kappa shape index (κ1) is 21.2. The van der Waals surface area contributed by atoms with E-state index in [2.05, 4.69) is 5.32 Å². The van der Waals surface area contributed by atoms with Crippen LogP contribution < -0.4 is 14.8 Å². The van der Waals surface area contributed by atoms with Crippen molar-refractivity contribution in [2.45, 2.75) is 25.6 Å². The molecule has 0 atom stereocenters. The van der Waals surface area contributed by atoms with Crippen LogP contribution in [0.5, 0.6) is 17.2 Å². The van der Waals surface area contributed by atoms with Gasteiger partial charge in [0.2, 0.25) is 0 Å². The highest BCUT2D eigenvalue weighted by Gasteiger charge is 2.32. The van der Waals surface area contributed by atoms with Gasteiger partial charge in [-0.05, 0) is 74.5 Å². The van der Waals surface area contributed by atoms with E-state index in [1.165, 1.54) is 12.1 Å². The lowest BCUT2D eigenvalue weighted by atomic mass is 10.1. The zero-order chi connectivity index (χ0) is 21.8. The van der Waals surface area contributed by atoms with Crippen molar-refractivity contribution in [1.82, 2.24) is 0 Å². The molecule has 0 aliphatic carbocycles. The Kier molecular flexibility index (Phi) is 6.01. The molecule has 30 heavy (non-hydrogen) atoms. The summed E-state index contributed by atoms with van der Waals surface area (Å²) in [6.45, 7) is 3.14. The molecule has 0 heterocycles. The summed E-state index contributed by atoms with van der Waals surface area (Å²) in [5.74, 6) is 1.26. The minimum Gasteiger partial charge on any atom is -0.478 e. The van der Waals surface area contributed by atoms with E-state index in [1.807, 2.05) is 30.3 Å². The van der Waals surface area contributed by atoms with E-state index < -0.39 is 23.2 Å². The molecule has 0 saturated heterocycles. The lowest BCUT2D eigenvalue weighted by Gasteiger charge is -2.25. The van der Waals surface area contributed by atoms with Gasteiger partial charge in [0.1, 0.15) is 17.2 Å².